The Bertz CT molecular complexity index is 1510. The van der Waals surface area contributed by atoms with E-state index in [1.165, 1.54) is 28.8 Å². The number of carbonyl (C=O) groups excluding carboxylic acids is 1. The molecule has 1 amide bonds. The number of hydrogen-bond acceptors (Lipinski definition) is 8. The van der Waals surface area contributed by atoms with Gasteiger partial charge in [0.05, 0.1) is 17.6 Å². The van der Waals surface area contributed by atoms with E-state index < -0.39 is 0 Å². The predicted octanol–water partition coefficient (Wildman–Crippen LogP) is 3.92. The van der Waals surface area contributed by atoms with Crippen LogP contribution in [0.3, 0.4) is 0 Å². The number of rotatable bonds is 5. The highest BCUT2D eigenvalue weighted by atomic mass is 16.3. The molecular weight excluding hydrogens is 456 g/mol. The van der Waals surface area contributed by atoms with Gasteiger partial charge in [-0.15, -0.1) is 5.10 Å². The summed E-state index contributed by atoms with van der Waals surface area (Å²) in [6, 6.07) is 18.8. The second-order valence-corrected chi connectivity index (χ2v) is 8.66. The lowest BCUT2D eigenvalue weighted by molar-refractivity contribution is -0.112. The summed E-state index contributed by atoms with van der Waals surface area (Å²) in [5.41, 5.74) is 8.83. The molecule has 0 spiro atoms. The van der Waals surface area contributed by atoms with Crippen LogP contribution in [0.2, 0.25) is 0 Å². The first-order valence-corrected chi connectivity index (χ1v) is 11.7. The first-order valence-electron chi connectivity index (χ1n) is 11.7. The second kappa shape index (κ2) is 9.06. The number of nitrogens with one attached hydrogen (secondary N) is 2. The molecule has 0 unspecified atom stereocenters. The molecule has 1 aromatic heterocycles. The topological polar surface area (TPSA) is 132 Å². The highest BCUT2D eigenvalue weighted by Gasteiger charge is 2.27. The molecular formula is C26H22N8O2. The number of carbonyl (C=O) groups is 1. The molecule has 0 bridgehead atoms. The molecule has 3 N–H and O–H groups in total. The average Bonchev–Trinajstić information content (AvgIpc) is 3.58. The van der Waals surface area contributed by atoms with Crippen molar-refractivity contribution in [1.29, 1.82) is 0 Å². The number of aromatic amines is 1. The molecule has 2 aliphatic rings. The van der Waals surface area contributed by atoms with E-state index in [2.05, 4.69) is 42.3 Å². The third kappa shape index (κ3) is 3.98. The van der Waals surface area contributed by atoms with Gasteiger partial charge < -0.3 is 5.11 Å². The van der Waals surface area contributed by atoms with Gasteiger partial charge in [-0.2, -0.15) is 15.2 Å². The van der Waals surface area contributed by atoms with Gasteiger partial charge >= 0.3 is 5.91 Å². The van der Waals surface area contributed by atoms with Crippen LogP contribution in [0.4, 0.5) is 11.4 Å². The van der Waals surface area contributed by atoms with E-state index in [-0.39, 0.29) is 17.4 Å². The first kappa shape index (κ1) is 21.7. The van der Waals surface area contributed by atoms with E-state index >= 15 is 0 Å². The number of amides is 1. The molecule has 0 atom stereocenters. The number of hydrazone groups is 2. The molecule has 10 heteroatoms. The summed E-state index contributed by atoms with van der Waals surface area (Å²) in [5.74, 6) is 0.199. The van der Waals surface area contributed by atoms with Crippen molar-refractivity contribution < 1.29 is 9.90 Å². The fourth-order valence-corrected chi connectivity index (χ4v) is 4.54. The average molecular weight is 479 g/mol. The maximum Gasteiger partial charge on any atom is 0.300 e. The summed E-state index contributed by atoms with van der Waals surface area (Å²) < 4.78 is 0. The van der Waals surface area contributed by atoms with Crippen molar-refractivity contribution >= 4 is 29.2 Å². The Morgan fingerprint density at radius 1 is 0.972 bits per heavy atom. The maximum absolute atomic E-state index is 13.0. The number of fused-ring (bicyclic) bond motifs is 1. The summed E-state index contributed by atoms with van der Waals surface area (Å²) in [5, 5.41) is 34.7. The van der Waals surface area contributed by atoms with Crippen molar-refractivity contribution in [2.45, 2.75) is 25.7 Å². The molecule has 3 aromatic carbocycles. The number of tetrazole rings is 1. The number of anilines is 2. The Hall–Kier alpha value is -4.86. The van der Waals surface area contributed by atoms with E-state index in [0.717, 1.165) is 36.1 Å². The zero-order chi connectivity index (χ0) is 24.5. The van der Waals surface area contributed by atoms with Crippen LogP contribution in [0.25, 0.3) is 22.5 Å². The van der Waals surface area contributed by atoms with Crippen LogP contribution in [-0.2, 0) is 17.6 Å². The van der Waals surface area contributed by atoms with Crippen molar-refractivity contribution in [1.82, 2.24) is 20.6 Å². The van der Waals surface area contributed by atoms with Crippen LogP contribution < -0.4 is 10.4 Å². The number of aryl methyl sites for hydroxylation is 2. The summed E-state index contributed by atoms with van der Waals surface area (Å²) in [6.45, 7) is 0. The lowest BCUT2D eigenvalue weighted by Gasteiger charge is -2.19. The van der Waals surface area contributed by atoms with E-state index in [0.29, 0.717) is 17.1 Å². The third-order valence-electron chi connectivity index (χ3n) is 6.41. The fraction of sp³-hybridized carbons (Fsp3) is 0.154. The number of nitrogens with zero attached hydrogens (tertiary/aromatic N) is 6. The molecule has 1 aliphatic carbocycles. The van der Waals surface area contributed by atoms with Gasteiger partial charge in [-0.3, -0.25) is 10.2 Å². The number of H-pyrrole nitrogens is 1. The van der Waals surface area contributed by atoms with E-state index in [4.69, 9.17) is 0 Å². The van der Waals surface area contributed by atoms with Gasteiger partial charge in [0, 0.05) is 11.1 Å². The lowest BCUT2D eigenvalue weighted by Crippen LogP contribution is -2.27. The molecule has 0 saturated carbocycles. The monoisotopic (exact) mass is 478 g/mol. The number of hydrogen-bond donors (Lipinski definition) is 3. The highest BCUT2D eigenvalue weighted by Crippen LogP contribution is 2.36. The van der Waals surface area contributed by atoms with Crippen LogP contribution in [0.5, 0.6) is 5.75 Å². The maximum atomic E-state index is 13.0. The van der Waals surface area contributed by atoms with Gasteiger partial charge in [0.2, 0.25) is 0 Å². The molecule has 10 nitrogen and oxygen atoms in total. The van der Waals surface area contributed by atoms with Crippen LogP contribution in [0, 0.1) is 0 Å². The smallest absolute Gasteiger partial charge is 0.300 e. The van der Waals surface area contributed by atoms with Gasteiger partial charge in [-0.1, -0.05) is 36.4 Å². The Morgan fingerprint density at radius 3 is 2.67 bits per heavy atom. The van der Waals surface area contributed by atoms with E-state index in [9.17, 15) is 9.90 Å². The van der Waals surface area contributed by atoms with E-state index in [1.807, 2.05) is 36.4 Å². The van der Waals surface area contributed by atoms with Gasteiger partial charge in [0.1, 0.15) is 5.75 Å². The zero-order valence-electron chi connectivity index (χ0n) is 19.2. The Kier molecular flexibility index (Phi) is 5.45. The number of phenolic OH excluding ortho intramolecular Hbond substituents is 1. The van der Waals surface area contributed by atoms with Gasteiger partial charge in [0.25, 0.3) is 0 Å². The minimum Gasteiger partial charge on any atom is -0.505 e. The normalized spacial score (nSPS) is 15.9. The quantitative estimate of drug-likeness (QED) is 0.294. The molecule has 0 saturated heterocycles. The predicted molar refractivity (Wildman–Crippen MR) is 137 cm³/mol. The minimum atomic E-state index is -0.331. The highest BCUT2D eigenvalue weighted by molar-refractivity contribution is 6.65. The Labute approximate surface area is 206 Å². The Balaban J connectivity index is 1.22. The summed E-state index contributed by atoms with van der Waals surface area (Å²) in [6.07, 6.45) is 5.88. The third-order valence-corrected chi connectivity index (χ3v) is 6.41. The van der Waals surface area contributed by atoms with Crippen molar-refractivity contribution in [2.75, 3.05) is 10.4 Å². The molecule has 0 radical (unpaired) electrons. The van der Waals surface area contributed by atoms with Crippen molar-refractivity contribution in [3.63, 3.8) is 0 Å². The fourth-order valence-electron chi connectivity index (χ4n) is 4.54. The van der Waals surface area contributed by atoms with Crippen molar-refractivity contribution in [2.24, 2.45) is 10.2 Å². The van der Waals surface area contributed by atoms with Crippen molar-refractivity contribution in [3.05, 3.63) is 71.8 Å². The molecule has 0 fully saturated rings. The van der Waals surface area contributed by atoms with Crippen LogP contribution >= 0.6 is 0 Å². The molecule has 1 aliphatic heterocycles. The Morgan fingerprint density at radius 2 is 1.81 bits per heavy atom. The molecule has 2 heterocycles. The summed E-state index contributed by atoms with van der Waals surface area (Å²) >= 11 is 0. The van der Waals surface area contributed by atoms with Gasteiger partial charge in [0.15, 0.2) is 11.5 Å². The lowest BCUT2D eigenvalue weighted by atomic mass is 9.91. The second-order valence-electron chi connectivity index (χ2n) is 8.66. The number of para-hydroxylation sites is 1. The minimum absolute atomic E-state index is 0.00335. The molecule has 36 heavy (non-hydrogen) atoms. The van der Waals surface area contributed by atoms with Crippen LogP contribution in [-0.4, -0.2) is 43.6 Å². The standard InChI is InChI=1S/C26H22N8O2/c35-24-21(18-7-3-8-19(13-18)25-30-32-33-31-25)9-4-10-22(24)28-29-23-15-27-34(26(23)36)20-12-11-16-5-1-2-6-17(16)14-20/h3-4,7-15,28,35H,1-2,5-6H2,(H,30,31,32,33)/b29-23-. The number of aromatic nitrogens is 4. The first-order chi connectivity index (χ1) is 17.7. The van der Waals surface area contributed by atoms with Crippen molar-refractivity contribution in [3.8, 4) is 28.3 Å². The van der Waals surface area contributed by atoms with E-state index in [1.54, 1.807) is 18.2 Å². The summed E-state index contributed by atoms with van der Waals surface area (Å²) in [7, 11) is 0. The number of phenols is 1. The van der Waals surface area contributed by atoms with Gasteiger partial charge in [-0.25, -0.2) is 5.10 Å². The molecule has 4 aromatic rings. The summed E-state index contributed by atoms with van der Waals surface area (Å²) in [4.78, 5) is 13.0. The van der Waals surface area contributed by atoms with Crippen LogP contribution in [0.15, 0.2) is 70.9 Å². The molecule has 178 valence electrons. The number of benzene rings is 3. The SMILES string of the molecule is O=C1/C(=N\Nc2cccc(-c3cccc(-c4nnn[nH]4)c3)c2O)C=NN1c1ccc2c(c1)CCCC2. The van der Waals surface area contributed by atoms with Crippen LogP contribution in [0.1, 0.15) is 24.0 Å². The molecule has 6 rings (SSSR count). The number of aromatic hydroxyl groups is 1. The zero-order valence-corrected chi connectivity index (χ0v) is 19.2. The largest absolute Gasteiger partial charge is 0.505 e. The van der Waals surface area contributed by atoms with Gasteiger partial charge in [-0.05, 0) is 77.1 Å².